The van der Waals surface area contributed by atoms with Crippen LogP contribution in [0.2, 0.25) is 0 Å². The minimum absolute atomic E-state index is 0.242. The highest BCUT2D eigenvalue weighted by Gasteiger charge is 2.18. The molecule has 0 aromatic carbocycles. The van der Waals surface area contributed by atoms with Gasteiger partial charge in [0.15, 0.2) is 5.78 Å². The number of likely N-dealkylation sites (tertiary alicyclic amines) is 1. The molecular formula is C16H25NO. The maximum absolute atomic E-state index is 11.4. The molecule has 0 atom stereocenters. The first-order valence-electron chi connectivity index (χ1n) is 7.49. The number of nitrogens with zero attached hydrogens (tertiary/aromatic N) is 1. The monoisotopic (exact) mass is 247 g/mol. The summed E-state index contributed by atoms with van der Waals surface area (Å²) < 4.78 is 0. The summed E-state index contributed by atoms with van der Waals surface area (Å²) in [6, 6.07) is 0. The number of rotatable bonds is 4. The zero-order valence-corrected chi connectivity index (χ0v) is 11.6. The molecular weight excluding hydrogens is 222 g/mol. The fourth-order valence-corrected chi connectivity index (χ4v) is 2.93. The highest BCUT2D eigenvalue weighted by Crippen LogP contribution is 2.30. The van der Waals surface area contributed by atoms with E-state index in [1.54, 1.807) is 6.08 Å². The highest BCUT2D eigenvalue weighted by molar-refractivity contribution is 5.89. The Morgan fingerprint density at radius 1 is 1.11 bits per heavy atom. The van der Waals surface area contributed by atoms with Crippen molar-refractivity contribution in [1.29, 1.82) is 0 Å². The van der Waals surface area contributed by atoms with E-state index in [0.29, 0.717) is 6.42 Å². The van der Waals surface area contributed by atoms with E-state index in [2.05, 4.69) is 11.0 Å². The van der Waals surface area contributed by atoms with Crippen LogP contribution in [0.1, 0.15) is 58.3 Å². The Hall–Kier alpha value is -1.05. The Morgan fingerprint density at radius 3 is 2.56 bits per heavy atom. The summed E-state index contributed by atoms with van der Waals surface area (Å²) in [6.07, 6.45) is 13.5. The summed E-state index contributed by atoms with van der Waals surface area (Å²) in [5, 5.41) is 0. The standard InChI is InChI=1S/C16H25NO/c1-2-15(18)11-10-14-8-4-5-9-16(14)17-12-6-3-7-13-17/h10-11H,2-9,12-13H2,1H3/b11-10-. The molecule has 0 radical (unpaired) electrons. The van der Waals surface area contributed by atoms with Crippen molar-refractivity contribution in [1.82, 2.24) is 4.90 Å². The second kappa shape index (κ2) is 6.77. The average molecular weight is 247 g/mol. The summed E-state index contributed by atoms with van der Waals surface area (Å²) >= 11 is 0. The van der Waals surface area contributed by atoms with Gasteiger partial charge in [-0.3, -0.25) is 4.79 Å². The molecule has 0 aromatic rings. The highest BCUT2D eigenvalue weighted by atomic mass is 16.1. The Balaban J connectivity index is 2.12. The lowest BCUT2D eigenvalue weighted by Crippen LogP contribution is -2.30. The number of hydrogen-bond donors (Lipinski definition) is 0. The minimum Gasteiger partial charge on any atom is -0.375 e. The lowest BCUT2D eigenvalue weighted by molar-refractivity contribution is -0.114. The van der Waals surface area contributed by atoms with Crippen molar-refractivity contribution in [2.24, 2.45) is 0 Å². The molecule has 2 nitrogen and oxygen atoms in total. The Labute approximate surface area is 111 Å². The summed E-state index contributed by atoms with van der Waals surface area (Å²) in [5.74, 6) is 0.242. The number of carbonyl (C=O) groups is 1. The molecule has 0 unspecified atom stereocenters. The molecule has 2 heteroatoms. The molecule has 0 amide bonds. The average Bonchev–Trinajstić information content (AvgIpc) is 2.46. The van der Waals surface area contributed by atoms with Gasteiger partial charge in [0.2, 0.25) is 0 Å². The molecule has 0 N–H and O–H groups in total. The van der Waals surface area contributed by atoms with Gasteiger partial charge in [-0.15, -0.1) is 0 Å². The van der Waals surface area contributed by atoms with Crippen molar-refractivity contribution in [3.05, 3.63) is 23.4 Å². The van der Waals surface area contributed by atoms with Crippen molar-refractivity contribution < 1.29 is 4.79 Å². The van der Waals surface area contributed by atoms with Crippen molar-refractivity contribution >= 4 is 5.78 Å². The van der Waals surface area contributed by atoms with Crippen LogP contribution in [-0.2, 0) is 4.79 Å². The number of piperidine rings is 1. The van der Waals surface area contributed by atoms with Gasteiger partial charge in [0.25, 0.3) is 0 Å². The molecule has 0 bridgehead atoms. The van der Waals surface area contributed by atoms with E-state index in [1.165, 1.54) is 62.9 Å². The fourth-order valence-electron chi connectivity index (χ4n) is 2.93. The van der Waals surface area contributed by atoms with Crippen LogP contribution in [0.5, 0.6) is 0 Å². The first-order valence-corrected chi connectivity index (χ1v) is 7.49. The third-order valence-corrected chi connectivity index (χ3v) is 4.04. The second-order valence-electron chi connectivity index (χ2n) is 5.38. The van der Waals surface area contributed by atoms with E-state index >= 15 is 0 Å². The number of carbonyl (C=O) groups excluding carboxylic acids is 1. The molecule has 2 rings (SSSR count). The van der Waals surface area contributed by atoms with Gasteiger partial charge in [0.05, 0.1) is 0 Å². The molecule has 1 aliphatic heterocycles. The fraction of sp³-hybridized carbons (Fsp3) is 0.688. The molecule has 1 heterocycles. The second-order valence-corrected chi connectivity index (χ2v) is 5.38. The minimum atomic E-state index is 0.242. The zero-order chi connectivity index (χ0) is 12.8. The van der Waals surface area contributed by atoms with Crippen LogP contribution in [0.4, 0.5) is 0 Å². The van der Waals surface area contributed by atoms with Gasteiger partial charge in [-0.1, -0.05) is 13.0 Å². The van der Waals surface area contributed by atoms with Gasteiger partial charge in [0, 0.05) is 25.2 Å². The van der Waals surface area contributed by atoms with Crippen LogP contribution in [0.25, 0.3) is 0 Å². The largest absolute Gasteiger partial charge is 0.375 e. The zero-order valence-electron chi connectivity index (χ0n) is 11.6. The maximum atomic E-state index is 11.4. The third-order valence-electron chi connectivity index (χ3n) is 4.04. The van der Waals surface area contributed by atoms with E-state index in [1.807, 2.05) is 6.92 Å². The Kier molecular flexibility index (Phi) is 5.03. The lowest BCUT2D eigenvalue weighted by atomic mass is 9.93. The first kappa shape index (κ1) is 13.4. The molecule has 0 saturated carbocycles. The van der Waals surface area contributed by atoms with Gasteiger partial charge >= 0.3 is 0 Å². The van der Waals surface area contributed by atoms with E-state index < -0.39 is 0 Å². The SMILES string of the molecule is CCC(=O)/C=C\C1=C(N2CCCCC2)CCCC1. The molecule has 100 valence electrons. The molecule has 1 saturated heterocycles. The van der Waals surface area contributed by atoms with Crippen molar-refractivity contribution in [3.63, 3.8) is 0 Å². The van der Waals surface area contributed by atoms with E-state index in [4.69, 9.17) is 0 Å². The lowest BCUT2D eigenvalue weighted by Gasteiger charge is -2.34. The van der Waals surface area contributed by atoms with Crippen LogP contribution in [0.15, 0.2) is 23.4 Å². The van der Waals surface area contributed by atoms with E-state index in [9.17, 15) is 4.79 Å². The molecule has 1 fully saturated rings. The first-order chi connectivity index (χ1) is 8.81. The predicted octanol–water partition coefficient (Wildman–Crippen LogP) is 3.84. The van der Waals surface area contributed by atoms with Crippen molar-refractivity contribution in [2.45, 2.75) is 58.3 Å². The maximum Gasteiger partial charge on any atom is 0.155 e. The van der Waals surface area contributed by atoms with Gasteiger partial charge in [-0.2, -0.15) is 0 Å². The van der Waals surface area contributed by atoms with Gasteiger partial charge in [0.1, 0.15) is 0 Å². The summed E-state index contributed by atoms with van der Waals surface area (Å²) in [5.41, 5.74) is 2.95. The normalized spacial score (nSPS) is 21.7. The predicted molar refractivity (Wildman–Crippen MR) is 75.4 cm³/mol. The van der Waals surface area contributed by atoms with Crippen LogP contribution in [0.3, 0.4) is 0 Å². The van der Waals surface area contributed by atoms with E-state index in [-0.39, 0.29) is 5.78 Å². The Morgan fingerprint density at radius 2 is 1.83 bits per heavy atom. The quantitative estimate of drug-likeness (QED) is 0.704. The molecule has 0 aromatic heterocycles. The number of allylic oxidation sites excluding steroid dienone is 4. The topological polar surface area (TPSA) is 20.3 Å². The van der Waals surface area contributed by atoms with Crippen LogP contribution in [-0.4, -0.2) is 23.8 Å². The summed E-state index contributed by atoms with van der Waals surface area (Å²) in [7, 11) is 0. The van der Waals surface area contributed by atoms with Crippen LogP contribution >= 0.6 is 0 Å². The van der Waals surface area contributed by atoms with Gasteiger partial charge < -0.3 is 4.90 Å². The molecule has 2 aliphatic rings. The van der Waals surface area contributed by atoms with Crippen LogP contribution < -0.4 is 0 Å². The van der Waals surface area contributed by atoms with Crippen LogP contribution in [0, 0.1) is 0 Å². The molecule has 18 heavy (non-hydrogen) atoms. The van der Waals surface area contributed by atoms with E-state index in [0.717, 1.165) is 6.42 Å². The molecule has 0 spiro atoms. The Bertz CT molecular complexity index is 348. The molecule has 1 aliphatic carbocycles. The summed E-state index contributed by atoms with van der Waals surface area (Å²) in [6.45, 7) is 4.36. The third kappa shape index (κ3) is 3.47. The smallest absolute Gasteiger partial charge is 0.155 e. The van der Waals surface area contributed by atoms with Crippen molar-refractivity contribution in [2.75, 3.05) is 13.1 Å². The number of hydrogen-bond acceptors (Lipinski definition) is 2. The van der Waals surface area contributed by atoms with Crippen molar-refractivity contribution in [3.8, 4) is 0 Å². The van der Waals surface area contributed by atoms with Gasteiger partial charge in [-0.05, 0) is 56.6 Å². The summed E-state index contributed by atoms with van der Waals surface area (Å²) in [4.78, 5) is 14.0. The number of ketones is 1. The van der Waals surface area contributed by atoms with Gasteiger partial charge in [-0.25, -0.2) is 0 Å².